The molecule has 4 rings (SSSR count). The number of carbonyl (C=O) groups is 1. The topological polar surface area (TPSA) is 68.0 Å². The summed E-state index contributed by atoms with van der Waals surface area (Å²) in [5, 5.41) is 9.38. The normalized spacial score (nSPS) is 14.9. The summed E-state index contributed by atoms with van der Waals surface area (Å²) in [6.07, 6.45) is 5.29. The molecule has 1 aromatic heterocycles. The minimum Gasteiger partial charge on any atom is -0.353 e. The zero-order valence-electron chi connectivity index (χ0n) is 14.1. The van der Waals surface area contributed by atoms with Crippen LogP contribution in [0.25, 0.3) is 10.8 Å². The highest BCUT2D eigenvalue weighted by atomic mass is 16.5. The van der Waals surface area contributed by atoms with Gasteiger partial charge in [-0.1, -0.05) is 60.5 Å². The number of hydrogen-bond acceptors (Lipinski definition) is 4. The van der Waals surface area contributed by atoms with Crippen molar-refractivity contribution in [2.75, 3.05) is 0 Å². The Morgan fingerprint density at radius 3 is 2.80 bits per heavy atom. The fraction of sp³-hybridized carbons (Fsp3) is 0.350. The predicted octanol–water partition coefficient (Wildman–Crippen LogP) is 3.41. The Kier molecular flexibility index (Phi) is 4.46. The van der Waals surface area contributed by atoms with Crippen LogP contribution in [0.4, 0.5) is 0 Å². The Morgan fingerprint density at radius 2 is 1.92 bits per heavy atom. The van der Waals surface area contributed by atoms with Gasteiger partial charge in [0.25, 0.3) is 0 Å². The molecule has 0 saturated heterocycles. The van der Waals surface area contributed by atoms with E-state index in [-0.39, 0.29) is 12.3 Å². The molecule has 0 bridgehead atoms. The monoisotopic (exact) mass is 335 g/mol. The van der Waals surface area contributed by atoms with Gasteiger partial charge in [0, 0.05) is 6.04 Å². The second-order valence-electron chi connectivity index (χ2n) is 6.65. The lowest BCUT2D eigenvalue weighted by molar-refractivity contribution is -0.121. The quantitative estimate of drug-likeness (QED) is 0.776. The van der Waals surface area contributed by atoms with Crippen LogP contribution in [0.1, 0.15) is 43.0 Å². The van der Waals surface area contributed by atoms with Gasteiger partial charge in [0.2, 0.25) is 11.8 Å². The van der Waals surface area contributed by atoms with Crippen molar-refractivity contribution in [3.05, 3.63) is 59.7 Å². The summed E-state index contributed by atoms with van der Waals surface area (Å²) < 4.78 is 5.35. The lowest BCUT2D eigenvalue weighted by Gasteiger charge is -2.10. The fourth-order valence-electron chi connectivity index (χ4n) is 3.54. The van der Waals surface area contributed by atoms with Crippen LogP contribution < -0.4 is 5.32 Å². The molecule has 5 heteroatoms. The van der Waals surface area contributed by atoms with Crippen molar-refractivity contribution in [2.45, 2.75) is 44.6 Å². The Labute approximate surface area is 146 Å². The number of benzene rings is 2. The van der Waals surface area contributed by atoms with E-state index < -0.39 is 0 Å². The summed E-state index contributed by atoms with van der Waals surface area (Å²) in [4.78, 5) is 16.5. The van der Waals surface area contributed by atoms with E-state index >= 15 is 0 Å². The van der Waals surface area contributed by atoms with E-state index in [1.165, 1.54) is 23.6 Å². The van der Waals surface area contributed by atoms with Crippen LogP contribution in [0.5, 0.6) is 0 Å². The first-order valence-corrected chi connectivity index (χ1v) is 8.85. The van der Waals surface area contributed by atoms with Gasteiger partial charge in [-0.25, -0.2) is 0 Å². The molecule has 1 N–H and O–H groups in total. The Balaban J connectivity index is 1.43. The van der Waals surface area contributed by atoms with Gasteiger partial charge < -0.3 is 9.84 Å². The first-order chi connectivity index (χ1) is 12.3. The first-order valence-electron chi connectivity index (χ1n) is 8.85. The van der Waals surface area contributed by atoms with Gasteiger partial charge in [-0.2, -0.15) is 4.98 Å². The van der Waals surface area contributed by atoms with E-state index in [1.54, 1.807) is 0 Å². The molecule has 0 radical (unpaired) electrons. The van der Waals surface area contributed by atoms with Gasteiger partial charge in [-0.05, 0) is 29.2 Å². The lowest BCUT2D eigenvalue weighted by Crippen LogP contribution is -2.33. The maximum Gasteiger partial charge on any atom is 0.231 e. The molecule has 1 amide bonds. The SMILES string of the molecule is O=C(Cc1noc(Cc2cccc3ccccc23)n1)NC1CCCC1. The summed E-state index contributed by atoms with van der Waals surface area (Å²) >= 11 is 0. The van der Waals surface area contributed by atoms with Crippen LogP contribution in [-0.4, -0.2) is 22.1 Å². The molecule has 1 aliphatic rings. The number of aromatic nitrogens is 2. The highest BCUT2D eigenvalue weighted by molar-refractivity contribution is 5.85. The van der Waals surface area contributed by atoms with Gasteiger partial charge in [0.1, 0.15) is 0 Å². The molecule has 1 heterocycles. The van der Waals surface area contributed by atoms with Crippen LogP contribution in [-0.2, 0) is 17.6 Å². The molecule has 0 unspecified atom stereocenters. The molecule has 3 aromatic rings. The fourth-order valence-corrected chi connectivity index (χ4v) is 3.54. The van der Waals surface area contributed by atoms with E-state index in [4.69, 9.17) is 4.52 Å². The Bertz CT molecular complexity index is 876. The van der Waals surface area contributed by atoms with Crippen LogP contribution in [0.2, 0.25) is 0 Å². The number of nitrogens with zero attached hydrogens (tertiary/aromatic N) is 2. The third-order valence-electron chi connectivity index (χ3n) is 4.77. The van der Waals surface area contributed by atoms with Crippen LogP contribution >= 0.6 is 0 Å². The van der Waals surface area contributed by atoms with Gasteiger partial charge >= 0.3 is 0 Å². The number of amides is 1. The maximum absolute atomic E-state index is 12.1. The number of rotatable bonds is 5. The highest BCUT2D eigenvalue weighted by Gasteiger charge is 2.19. The highest BCUT2D eigenvalue weighted by Crippen LogP contribution is 2.21. The van der Waals surface area contributed by atoms with Gasteiger partial charge in [-0.3, -0.25) is 4.79 Å². The van der Waals surface area contributed by atoms with Crippen molar-refractivity contribution < 1.29 is 9.32 Å². The van der Waals surface area contributed by atoms with Gasteiger partial charge in [-0.15, -0.1) is 0 Å². The zero-order valence-corrected chi connectivity index (χ0v) is 14.1. The van der Waals surface area contributed by atoms with E-state index in [0.29, 0.717) is 24.2 Å². The molecule has 1 fully saturated rings. The summed E-state index contributed by atoms with van der Waals surface area (Å²) in [6, 6.07) is 14.7. The van der Waals surface area contributed by atoms with Crippen molar-refractivity contribution in [1.29, 1.82) is 0 Å². The molecule has 1 saturated carbocycles. The van der Waals surface area contributed by atoms with Crippen molar-refractivity contribution in [1.82, 2.24) is 15.5 Å². The number of fused-ring (bicyclic) bond motifs is 1. The molecule has 0 atom stereocenters. The minimum atomic E-state index is -0.0237. The predicted molar refractivity (Wildman–Crippen MR) is 95.2 cm³/mol. The van der Waals surface area contributed by atoms with E-state index in [2.05, 4.69) is 39.7 Å². The smallest absolute Gasteiger partial charge is 0.231 e. The third-order valence-corrected chi connectivity index (χ3v) is 4.77. The number of carbonyl (C=O) groups excluding carboxylic acids is 1. The Hall–Kier alpha value is -2.69. The van der Waals surface area contributed by atoms with Crippen molar-refractivity contribution in [3.63, 3.8) is 0 Å². The first kappa shape index (κ1) is 15.8. The number of nitrogens with one attached hydrogen (secondary N) is 1. The molecule has 1 aliphatic carbocycles. The second-order valence-corrected chi connectivity index (χ2v) is 6.65. The Morgan fingerprint density at radius 1 is 1.12 bits per heavy atom. The van der Waals surface area contributed by atoms with Crippen LogP contribution in [0, 0.1) is 0 Å². The van der Waals surface area contributed by atoms with Crippen LogP contribution in [0.15, 0.2) is 47.0 Å². The summed E-state index contributed by atoms with van der Waals surface area (Å²) in [5.41, 5.74) is 1.14. The van der Waals surface area contributed by atoms with E-state index in [1.807, 2.05) is 18.2 Å². The summed E-state index contributed by atoms with van der Waals surface area (Å²) in [7, 11) is 0. The molecule has 2 aromatic carbocycles. The van der Waals surface area contributed by atoms with Crippen molar-refractivity contribution >= 4 is 16.7 Å². The largest absolute Gasteiger partial charge is 0.353 e. The lowest BCUT2D eigenvalue weighted by atomic mass is 10.0. The summed E-state index contributed by atoms with van der Waals surface area (Å²) in [6.45, 7) is 0. The van der Waals surface area contributed by atoms with E-state index in [0.717, 1.165) is 18.4 Å². The average Bonchev–Trinajstić information content (AvgIpc) is 3.27. The molecule has 0 spiro atoms. The van der Waals surface area contributed by atoms with Gasteiger partial charge in [0.15, 0.2) is 5.82 Å². The summed E-state index contributed by atoms with van der Waals surface area (Å²) in [5.74, 6) is 0.968. The maximum atomic E-state index is 12.1. The van der Waals surface area contributed by atoms with Crippen LogP contribution in [0.3, 0.4) is 0 Å². The molecule has 5 nitrogen and oxygen atoms in total. The number of hydrogen-bond donors (Lipinski definition) is 1. The molecule has 25 heavy (non-hydrogen) atoms. The third kappa shape index (κ3) is 3.71. The molecular weight excluding hydrogens is 314 g/mol. The second kappa shape index (κ2) is 7.05. The average molecular weight is 335 g/mol. The molecule has 0 aliphatic heterocycles. The molecular formula is C20H21N3O2. The standard InChI is InChI=1S/C20H21N3O2/c24-19(21-16-9-2-3-10-16)13-18-22-20(25-23-18)12-15-8-5-7-14-6-1-4-11-17(14)15/h1,4-8,11,16H,2-3,9-10,12-13H2,(H,21,24). The minimum absolute atomic E-state index is 0.0237. The molecule has 128 valence electrons. The van der Waals surface area contributed by atoms with Gasteiger partial charge in [0.05, 0.1) is 12.8 Å². The van der Waals surface area contributed by atoms with Crippen molar-refractivity contribution in [3.8, 4) is 0 Å². The zero-order chi connectivity index (χ0) is 17.1. The van der Waals surface area contributed by atoms with E-state index in [9.17, 15) is 4.79 Å². The van der Waals surface area contributed by atoms with Crippen molar-refractivity contribution in [2.24, 2.45) is 0 Å².